The molecule has 3 N–H and O–H groups in total. The molecular weight excluding hydrogens is 440 g/mol. The Kier molecular flexibility index (Phi) is 4.65. The normalized spacial score (nSPS) is 10.3. The van der Waals surface area contributed by atoms with Gasteiger partial charge in [0.05, 0.1) is 5.69 Å². The van der Waals surface area contributed by atoms with E-state index in [9.17, 15) is 4.79 Å². The summed E-state index contributed by atoms with van der Waals surface area (Å²) in [6, 6.07) is 10.6. The van der Waals surface area contributed by atoms with Crippen LogP contribution in [0.1, 0.15) is 10.4 Å². The van der Waals surface area contributed by atoms with Crippen LogP contribution < -0.4 is 11.1 Å². The molecule has 0 heterocycles. The topological polar surface area (TPSA) is 55.1 Å². The summed E-state index contributed by atoms with van der Waals surface area (Å²) in [5.41, 5.74) is 7.50. The molecule has 0 aliphatic heterocycles. The maximum Gasteiger partial charge on any atom is 0.255 e. The number of carbonyl (C=O) groups excluding carboxylic acids is 1. The summed E-state index contributed by atoms with van der Waals surface area (Å²) in [4.78, 5) is 12.1. The molecule has 0 saturated carbocycles. The first-order valence-corrected chi connectivity index (χ1v) is 7.66. The third kappa shape index (κ3) is 3.58. The Morgan fingerprint density at radius 3 is 2.37 bits per heavy atom. The highest BCUT2D eigenvalue weighted by Crippen LogP contribution is 2.27. The number of rotatable bonds is 2. The quantitative estimate of drug-likeness (QED) is 0.648. The summed E-state index contributed by atoms with van der Waals surface area (Å²) in [5.74, 6) is -0.206. The van der Waals surface area contributed by atoms with E-state index < -0.39 is 0 Å². The molecule has 0 bridgehead atoms. The van der Waals surface area contributed by atoms with Crippen molar-refractivity contribution in [3.63, 3.8) is 0 Å². The van der Waals surface area contributed by atoms with Crippen LogP contribution in [-0.4, -0.2) is 5.91 Å². The standard InChI is InChI=1S/C13H9Br3N2O/c14-8-2-4-12(10(16)6-8)18-13(19)7-1-3-9(15)11(17)5-7/h1-6H,17H2,(H,18,19). The highest BCUT2D eigenvalue weighted by Gasteiger charge is 2.09. The molecule has 19 heavy (non-hydrogen) atoms. The van der Waals surface area contributed by atoms with Gasteiger partial charge in [0, 0.05) is 24.7 Å². The summed E-state index contributed by atoms with van der Waals surface area (Å²) in [6.07, 6.45) is 0. The number of benzene rings is 2. The number of carbonyl (C=O) groups is 1. The van der Waals surface area contributed by atoms with E-state index in [1.807, 2.05) is 18.2 Å². The minimum Gasteiger partial charge on any atom is -0.398 e. The molecule has 3 nitrogen and oxygen atoms in total. The lowest BCUT2D eigenvalue weighted by Gasteiger charge is -2.08. The molecular formula is C13H9Br3N2O. The van der Waals surface area contributed by atoms with Gasteiger partial charge in [-0.05, 0) is 68.3 Å². The number of hydrogen-bond donors (Lipinski definition) is 2. The van der Waals surface area contributed by atoms with Gasteiger partial charge in [-0.15, -0.1) is 0 Å². The zero-order valence-corrected chi connectivity index (χ0v) is 14.3. The van der Waals surface area contributed by atoms with Gasteiger partial charge in [0.15, 0.2) is 0 Å². The fourth-order valence-corrected chi connectivity index (χ4v) is 2.86. The molecule has 0 aliphatic carbocycles. The second kappa shape index (κ2) is 6.07. The van der Waals surface area contributed by atoms with Crippen LogP contribution in [0.2, 0.25) is 0 Å². The molecule has 0 aliphatic rings. The van der Waals surface area contributed by atoms with Gasteiger partial charge in [-0.1, -0.05) is 15.9 Å². The Morgan fingerprint density at radius 1 is 1.00 bits per heavy atom. The first-order valence-electron chi connectivity index (χ1n) is 5.29. The summed E-state index contributed by atoms with van der Waals surface area (Å²) in [6.45, 7) is 0. The van der Waals surface area contributed by atoms with Gasteiger partial charge in [0.2, 0.25) is 0 Å². The van der Waals surface area contributed by atoms with Gasteiger partial charge in [0.25, 0.3) is 5.91 Å². The third-order valence-electron chi connectivity index (χ3n) is 2.44. The Labute approximate surface area is 136 Å². The summed E-state index contributed by atoms with van der Waals surface area (Å²) >= 11 is 10.1. The number of anilines is 2. The Morgan fingerprint density at radius 2 is 1.74 bits per heavy atom. The number of halogens is 3. The molecule has 6 heteroatoms. The molecule has 0 atom stereocenters. The van der Waals surface area contributed by atoms with E-state index in [0.717, 1.165) is 13.4 Å². The van der Waals surface area contributed by atoms with E-state index in [1.165, 1.54) is 0 Å². The van der Waals surface area contributed by atoms with Crippen molar-refractivity contribution in [2.45, 2.75) is 0 Å². The van der Waals surface area contributed by atoms with Gasteiger partial charge >= 0.3 is 0 Å². The predicted molar refractivity (Wildman–Crippen MR) is 88.3 cm³/mol. The van der Waals surface area contributed by atoms with Crippen molar-refractivity contribution in [1.29, 1.82) is 0 Å². The van der Waals surface area contributed by atoms with Gasteiger partial charge in [-0.2, -0.15) is 0 Å². The van der Waals surface area contributed by atoms with Crippen LogP contribution in [0.3, 0.4) is 0 Å². The van der Waals surface area contributed by atoms with E-state index in [1.54, 1.807) is 18.2 Å². The molecule has 2 aromatic rings. The Hall–Kier alpha value is -0.850. The van der Waals surface area contributed by atoms with Crippen LogP contribution in [-0.2, 0) is 0 Å². The fourth-order valence-electron chi connectivity index (χ4n) is 1.47. The van der Waals surface area contributed by atoms with Crippen LogP contribution in [0, 0.1) is 0 Å². The average Bonchev–Trinajstić information content (AvgIpc) is 2.36. The van der Waals surface area contributed by atoms with Crippen molar-refractivity contribution in [2.75, 3.05) is 11.1 Å². The minimum atomic E-state index is -0.206. The molecule has 0 aromatic heterocycles. The van der Waals surface area contributed by atoms with Gasteiger partial charge in [-0.25, -0.2) is 0 Å². The average molecular weight is 449 g/mol. The first kappa shape index (κ1) is 14.6. The summed E-state index contributed by atoms with van der Waals surface area (Å²) in [5, 5.41) is 2.82. The van der Waals surface area contributed by atoms with Crippen LogP contribution >= 0.6 is 47.8 Å². The van der Waals surface area contributed by atoms with E-state index >= 15 is 0 Å². The lowest BCUT2D eigenvalue weighted by atomic mass is 10.2. The predicted octanol–water partition coefficient (Wildman–Crippen LogP) is 4.81. The number of nitrogens with two attached hydrogens (primary N) is 1. The molecule has 0 radical (unpaired) electrons. The molecule has 2 aromatic carbocycles. The molecule has 0 spiro atoms. The van der Waals surface area contributed by atoms with Gasteiger partial charge < -0.3 is 11.1 Å². The van der Waals surface area contributed by atoms with E-state index in [4.69, 9.17) is 5.73 Å². The zero-order valence-electron chi connectivity index (χ0n) is 9.58. The summed E-state index contributed by atoms with van der Waals surface area (Å²) in [7, 11) is 0. The zero-order chi connectivity index (χ0) is 14.0. The molecule has 98 valence electrons. The number of amides is 1. The Balaban J connectivity index is 2.23. The van der Waals surface area contributed by atoms with Gasteiger partial charge in [0.1, 0.15) is 0 Å². The third-order valence-corrected chi connectivity index (χ3v) is 4.31. The first-order chi connectivity index (χ1) is 8.97. The maximum absolute atomic E-state index is 12.1. The van der Waals surface area contributed by atoms with Crippen molar-refractivity contribution in [1.82, 2.24) is 0 Å². The number of hydrogen-bond acceptors (Lipinski definition) is 2. The van der Waals surface area contributed by atoms with Crippen LogP contribution in [0.15, 0.2) is 49.8 Å². The minimum absolute atomic E-state index is 0.206. The molecule has 1 amide bonds. The Bertz CT molecular complexity index is 644. The highest BCUT2D eigenvalue weighted by atomic mass is 79.9. The highest BCUT2D eigenvalue weighted by molar-refractivity contribution is 9.11. The van der Waals surface area contributed by atoms with Crippen molar-refractivity contribution in [2.24, 2.45) is 0 Å². The van der Waals surface area contributed by atoms with Crippen molar-refractivity contribution < 1.29 is 4.79 Å². The molecule has 0 fully saturated rings. The number of nitrogen functional groups attached to an aromatic ring is 1. The van der Waals surface area contributed by atoms with Crippen LogP contribution in [0.25, 0.3) is 0 Å². The SMILES string of the molecule is Nc1cc(C(=O)Nc2ccc(Br)cc2Br)ccc1Br. The van der Waals surface area contributed by atoms with E-state index in [0.29, 0.717) is 16.9 Å². The molecule has 0 saturated heterocycles. The van der Waals surface area contributed by atoms with Crippen LogP contribution in [0.5, 0.6) is 0 Å². The van der Waals surface area contributed by atoms with E-state index in [2.05, 4.69) is 53.1 Å². The maximum atomic E-state index is 12.1. The lowest BCUT2D eigenvalue weighted by Crippen LogP contribution is -2.12. The largest absolute Gasteiger partial charge is 0.398 e. The fraction of sp³-hybridized carbons (Fsp3) is 0. The van der Waals surface area contributed by atoms with Crippen molar-refractivity contribution in [3.05, 3.63) is 55.4 Å². The van der Waals surface area contributed by atoms with E-state index in [-0.39, 0.29) is 5.91 Å². The lowest BCUT2D eigenvalue weighted by molar-refractivity contribution is 0.102. The monoisotopic (exact) mass is 446 g/mol. The number of nitrogens with one attached hydrogen (secondary N) is 1. The second-order valence-electron chi connectivity index (χ2n) is 3.81. The van der Waals surface area contributed by atoms with Crippen molar-refractivity contribution >= 4 is 65.1 Å². The summed E-state index contributed by atoms with van der Waals surface area (Å²) < 4.78 is 2.51. The van der Waals surface area contributed by atoms with Gasteiger partial charge in [-0.3, -0.25) is 4.79 Å². The van der Waals surface area contributed by atoms with Crippen LogP contribution in [0.4, 0.5) is 11.4 Å². The molecule has 2 rings (SSSR count). The van der Waals surface area contributed by atoms with Crippen molar-refractivity contribution in [3.8, 4) is 0 Å². The molecule has 0 unspecified atom stereocenters. The second-order valence-corrected chi connectivity index (χ2v) is 6.44. The smallest absolute Gasteiger partial charge is 0.255 e.